The molecule has 0 radical (unpaired) electrons. The molecule has 0 unspecified atom stereocenters. The molecule has 0 aromatic heterocycles. The quantitative estimate of drug-likeness (QED) is 0.798. The molecule has 2 aromatic carbocycles. The van der Waals surface area contributed by atoms with Crippen LogP contribution in [-0.4, -0.2) is 48.6 Å². The summed E-state index contributed by atoms with van der Waals surface area (Å²) in [6.07, 6.45) is 5.76. The van der Waals surface area contributed by atoms with Gasteiger partial charge in [0.05, 0.1) is 5.56 Å². The van der Waals surface area contributed by atoms with Crippen molar-refractivity contribution in [3.05, 3.63) is 59.2 Å². The van der Waals surface area contributed by atoms with E-state index >= 15 is 0 Å². The van der Waals surface area contributed by atoms with E-state index in [4.69, 9.17) is 9.47 Å². The highest BCUT2D eigenvalue weighted by Gasteiger charge is 2.23. The Hall–Kier alpha value is -2.79. The van der Waals surface area contributed by atoms with E-state index in [1.807, 2.05) is 30.3 Å². The maximum Gasteiger partial charge on any atom is 0.196 e. The van der Waals surface area contributed by atoms with Gasteiger partial charge in [-0.3, -0.25) is 9.69 Å². The SMILES string of the molecule is O=C1/C(=C/c2ccc(OCCN3CCCCC3)cc2)COc2cc(O)ccc21. The van der Waals surface area contributed by atoms with Crippen LogP contribution in [0.3, 0.4) is 0 Å². The third kappa shape index (κ3) is 4.37. The topological polar surface area (TPSA) is 59.0 Å². The molecule has 1 saturated heterocycles. The Morgan fingerprint density at radius 3 is 2.64 bits per heavy atom. The molecule has 2 aliphatic rings. The number of carbonyl (C=O) groups excluding carboxylic acids is 1. The first-order chi connectivity index (χ1) is 13.7. The van der Waals surface area contributed by atoms with Gasteiger partial charge in [-0.15, -0.1) is 0 Å². The average molecular weight is 379 g/mol. The lowest BCUT2D eigenvalue weighted by molar-refractivity contribution is 0.100. The highest BCUT2D eigenvalue weighted by atomic mass is 16.5. The minimum atomic E-state index is -0.0666. The summed E-state index contributed by atoms with van der Waals surface area (Å²) in [7, 11) is 0. The number of piperidine rings is 1. The van der Waals surface area contributed by atoms with Crippen LogP contribution in [0.15, 0.2) is 48.0 Å². The van der Waals surface area contributed by atoms with E-state index in [-0.39, 0.29) is 18.1 Å². The van der Waals surface area contributed by atoms with Gasteiger partial charge in [-0.25, -0.2) is 0 Å². The van der Waals surface area contributed by atoms with Crippen molar-refractivity contribution in [2.24, 2.45) is 0 Å². The van der Waals surface area contributed by atoms with E-state index < -0.39 is 0 Å². The Labute approximate surface area is 165 Å². The molecular formula is C23H25NO4. The van der Waals surface area contributed by atoms with Crippen LogP contribution in [0, 0.1) is 0 Å². The highest BCUT2D eigenvalue weighted by Crippen LogP contribution is 2.31. The number of carbonyl (C=O) groups is 1. The van der Waals surface area contributed by atoms with Crippen LogP contribution >= 0.6 is 0 Å². The summed E-state index contributed by atoms with van der Waals surface area (Å²) in [5.41, 5.74) is 2.00. The number of rotatable bonds is 5. The number of likely N-dealkylation sites (tertiary alicyclic amines) is 1. The van der Waals surface area contributed by atoms with Crippen molar-refractivity contribution in [2.75, 3.05) is 32.8 Å². The minimum Gasteiger partial charge on any atom is -0.508 e. The fraction of sp³-hybridized carbons (Fsp3) is 0.348. The van der Waals surface area contributed by atoms with E-state index in [0.29, 0.717) is 23.5 Å². The second-order valence-corrected chi connectivity index (χ2v) is 7.29. The van der Waals surface area contributed by atoms with Crippen LogP contribution in [0.4, 0.5) is 0 Å². The Bertz CT molecular complexity index is 867. The van der Waals surface area contributed by atoms with Crippen LogP contribution < -0.4 is 9.47 Å². The van der Waals surface area contributed by atoms with Crippen LogP contribution in [0.2, 0.25) is 0 Å². The summed E-state index contributed by atoms with van der Waals surface area (Å²) in [6, 6.07) is 12.3. The molecule has 0 saturated carbocycles. The van der Waals surface area contributed by atoms with E-state index in [1.54, 1.807) is 6.07 Å². The fourth-order valence-corrected chi connectivity index (χ4v) is 3.66. The summed E-state index contributed by atoms with van der Waals surface area (Å²) < 4.78 is 11.5. The number of phenolic OH excluding ortho intramolecular Hbond substituents is 1. The molecule has 0 aliphatic carbocycles. The molecule has 2 aromatic rings. The van der Waals surface area contributed by atoms with Crippen LogP contribution in [0.1, 0.15) is 35.2 Å². The van der Waals surface area contributed by atoms with Crippen molar-refractivity contribution < 1.29 is 19.4 Å². The highest BCUT2D eigenvalue weighted by molar-refractivity contribution is 6.14. The predicted octanol–water partition coefficient (Wildman–Crippen LogP) is 3.92. The second kappa shape index (κ2) is 8.48. The molecule has 0 bridgehead atoms. The number of hydrogen-bond acceptors (Lipinski definition) is 5. The first-order valence-corrected chi connectivity index (χ1v) is 9.85. The standard InChI is InChI=1S/C23H25NO4/c25-19-6-9-21-22(15-19)28-16-18(23(21)26)14-17-4-7-20(8-5-17)27-13-12-24-10-2-1-3-11-24/h4-9,14-15,25H,1-3,10-13,16H2/b18-14+. The number of fused-ring (bicyclic) bond motifs is 1. The van der Waals surface area contributed by atoms with Gasteiger partial charge in [-0.2, -0.15) is 0 Å². The molecule has 0 atom stereocenters. The van der Waals surface area contributed by atoms with Crippen molar-refractivity contribution >= 4 is 11.9 Å². The number of aromatic hydroxyl groups is 1. The number of ketones is 1. The van der Waals surface area contributed by atoms with Gasteiger partial charge < -0.3 is 14.6 Å². The van der Waals surface area contributed by atoms with E-state index in [2.05, 4.69) is 4.90 Å². The van der Waals surface area contributed by atoms with Gasteiger partial charge in [0.1, 0.15) is 30.5 Å². The maximum absolute atomic E-state index is 12.6. The van der Waals surface area contributed by atoms with Crippen molar-refractivity contribution in [3.8, 4) is 17.2 Å². The van der Waals surface area contributed by atoms with Gasteiger partial charge in [-0.05, 0) is 61.8 Å². The van der Waals surface area contributed by atoms with E-state index in [9.17, 15) is 9.90 Å². The van der Waals surface area contributed by atoms with Gasteiger partial charge in [0, 0.05) is 18.2 Å². The molecule has 5 heteroatoms. The molecule has 2 heterocycles. The molecule has 1 fully saturated rings. The fourth-order valence-electron chi connectivity index (χ4n) is 3.66. The lowest BCUT2D eigenvalue weighted by atomic mass is 9.98. The normalized spacial score (nSPS) is 18.6. The van der Waals surface area contributed by atoms with Crippen molar-refractivity contribution in [1.29, 1.82) is 0 Å². The third-order valence-electron chi connectivity index (χ3n) is 5.23. The largest absolute Gasteiger partial charge is 0.508 e. The molecule has 1 N–H and O–H groups in total. The van der Waals surface area contributed by atoms with Crippen LogP contribution in [0.25, 0.3) is 6.08 Å². The van der Waals surface area contributed by atoms with Gasteiger partial charge in [0.25, 0.3) is 0 Å². The molecule has 146 valence electrons. The minimum absolute atomic E-state index is 0.0666. The molecule has 5 nitrogen and oxygen atoms in total. The zero-order valence-corrected chi connectivity index (χ0v) is 15.9. The van der Waals surface area contributed by atoms with Gasteiger partial charge >= 0.3 is 0 Å². The van der Waals surface area contributed by atoms with Crippen molar-refractivity contribution in [3.63, 3.8) is 0 Å². The smallest absolute Gasteiger partial charge is 0.196 e. The Morgan fingerprint density at radius 2 is 1.86 bits per heavy atom. The molecular weight excluding hydrogens is 354 g/mol. The van der Waals surface area contributed by atoms with Gasteiger partial charge in [0.2, 0.25) is 0 Å². The molecule has 4 rings (SSSR count). The summed E-state index contributed by atoms with van der Waals surface area (Å²) >= 11 is 0. The third-order valence-corrected chi connectivity index (χ3v) is 5.23. The number of phenols is 1. The summed E-state index contributed by atoms with van der Waals surface area (Å²) in [6.45, 7) is 4.20. The number of Topliss-reactive ketones (excluding diaryl/α,β-unsaturated/α-hetero) is 1. The Morgan fingerprint density at radius 1 is 1.07 bits per heavy atom. The Kier molecular flexibility index (Phi) is 5.63. The molecule has 0 amide bonds. The predicted molar refractivity (Wildman–Crippen MR) is 108 cm³/mol. The lowest BCUT2D eigenvalue weighted by Crippen LogP contribution is -2.33. The first-order valence-electron chi connectivity index (χ1n) is 9.85. The van der Waals surface area contributed by atoms with Crippen molar-refractivity contribution in [2.45, 2.75) is 19.3 Å². The number of nitrogens with zero attached hydrogens (tertiary/aromatic N) is 1. The number of benzene rings is 2. The molecule has 28 heavy (non-hydrogen) atoms. The van der Waals surface area contributed by atoms with Gasteiger partial charge in [0.15, 0.2) is 5.78 Å². The monoisotopic (exact) mass is 379 g/mol. The van der Waals surface area contributed by atoms with Gasteiger partial charge in [-0.1, -0.05) is 18.6 Å². The second-order valence-electron chi connectivity index (χ2n) is 7.29. The number of ether oxygens (including phenoxy) is 2. The zero-order valence-electron chi connectivity index (χ0n) is 15.9. The Balaban J connectivity index is 1.36. The van der Waals surface area contributed by atoms with Crippen molar-refractivity contribution in [1.82, 2.24) is 4.90 Å². The average Bonchev–Trinajstić information content (AvgIpc) is 2.72. The summed E-state index contributed by atoms with van der Waals surface area (Å²) in [5, 5.41) is 9.52. The van der Waals surface area contributed by atoms with E-state index in [0.717, 1.165) is 17.9 Å². The van der Waals surface area contributed by atoms with E-state index in [1.165, 1.54) is 44.5 Å². The summed E-state index contributed by atoms with van der Waals surface area (Å²) in [5.74, 6) is 1.30. The molecule has 2 aliphatic heterocycles. The maximum atomic E-state index is 12.6. The van der Waals surface area contributed by atoms with Crippen LogP contribution in [0.5, 0.6) is 17.2 Å². The summed E-state index contributed by atoms with van der Waals surface area (Å²) in [4.78, 5) is 15.1. The lowest BCUT2D eigenvalue weighted by Gasteiger charge is -2.26. The van der Waals surface area contributed by atoms with Crippen LogP contribution in [-0.2, 0) is 0 Å². The first kappa shape index (κ1) is 18.6. The molecule has 0 spiro atoms. The number of hydrogen-bond donors (Lipinski definition) is 1. The zero-order chi connectivity index (χ0) is 19.3.